The smallest absolute Gasteiger partial charge is 0.245 e. The van der Waals surface area contributed by atoms with Gasteiger partial charge in [0.1, 0.15) is 17.1 Å². The number of hydrogen-bond acceptors (Lipinski definition) is 5. The van der Waals surface area contributed by atoms with Crippen LogP contribution in [0.3, 0.4) is 0 Å². The fraction of sp³-hybridized carbons (Fsp3) is 0.235. The van der Waals surface area contributed by atoms with Crippen LogP contribution in [0.2, 0.25) is 5.02 Å². The molecule has 1 aromatic carbocycles. The van der Waals surface area contributed by atoms with Crippen LogP contribution in [-0.2, 0) is 10.2 Å². The molecule has 0 radical (unpaired) electrons. The van der Waals surface area contributed by atoms with Crippen LogP contribution in [0.4, 0.5) is 5.69 Å². The van der Waals surface area contributed by atoms with Gasteiger partial charge in [0.05, 0.1) is 5.56 Å². The average Bonchev–Trinajstić information content (AvgIpc) is 3.09. The lowest BCUT2D eigenvalue weighted by Crippen LogP contribution is -2.42. The molecule has 126 valence electrons. The zero-order valence-electron chi connectivity index (χ0n) is 13.5. The van der Waals surface area contributed by atoms with Crippen molar-refractivity contribution in [3.05, 3.63) is 51.5 Å². The SMILES string of the molecule is CC(C)c1[nH]nc2c1C1(C(=O)Nc3ccc(Cl)cc31)C(C#N)=C(N)O2. The van der Waals surface area contributed by atoms with Crippen LogP contribution in [0.15, 0.2) is 29.7 Å². The molecule has 2 aliphatic heterocycles. The number of benzene rings is 1. The molecule has 8 heteroatoms. The summed E-state index contributed by atoms with van der Waals surface area (Å²) in [7, 11) is 0. The number of fused-ring (bicyclic) bond motifs is 4. The number of amides is 1. The number of nitrogens with zero attached hydrogens (tertiary/aromatic N) is 2. The largest absolute Gasteiger partial charge is 0.420 e. The highest BCUT2D eigenvalue weighted by Crippen LogP contribution is 2.54. The summed E-state index contributed by atoms with van der Waals surface area (Å²) in [6.45, 7) is 3.92. The van der Waals surface area contributed by atoms with Crippen LogP contribution >= 0.6 is 11.6 Å². The van der Waals surface area contributed by atoms with Gasteiger partial charge in [-0.05, 0) is 24.1 Å². The Kier molecular flexibility index (Phi) is 3.11. The monoisotopic (exact) mass is 355 g/mol. The van der Waals surface area contributed by atoms with E-state index in [2.05, 4.69) is 21.6 Å². The first-order valence-electron chi connectivity index (χ1n) is 7.69. The zero-order valence-corrected chi connectivity index (χ0v) is 14.2. The summed E-state index contributed by atoms with van der Waals surface area (Å²) in [5, 5.41) is 20.1. The first-order chi connectivity index (χ1) is 11.9. The van der Waals surface area contributed by atoms with Crippen molar-refractivity contribution >= 4 is 23.2 Å². The third kappa shape index (κ3) is 1.80. The highest BCUT2D eigenvalue weighted by atomic mass is 35.5. The highest BCUT2D eigenvalue weighted by molar-refractivity contribution is 6.31. The van der Waals surface area contributed by atoms with Gasteiger partial charge in [0.25, 0.3) is 0 Å². The van der Waals surface area contributed by atoms with Gasteiger partial charge >= 0.3 is 0 Å². The molecule has 4 N–H and O–H groups in total. The predicted molar refractivity (Wildman–Crippen MR) is 91.0 cm³/mol. The van der Waals surface area contributed by atoms with Gasteiger partial charge in [0.2, 0.25) is 17.7 Å². The van der Waals surface area contributed by atoms with E-state index in [0.29, 0.717) is 27.5 Å². The second-order valence-corrected chi connectivity index (χ2v) is 6.76. The first-order valence-corrected chi connectivity index (χ1v) is 8.07. The van der Waals surface area contributed by atoms with Gasteiger partial charge in [-0.2, -0.15) is 5.26 Å². The van der Waals surface area contributed by atoms with Gasteiger partial charge < -0.3 is 15.8 Å². The fourth-order valence-electron chi connectivity index (χ4n) is 3.57. The van der Waals surface area contributed by atoms with Crippen molar-refractivity contribution < 1.29 is 9.53 Å². The quantitative estimate of drug-likeness (QED) is 0.726. The van der Waals surface area contributed by atoms with Crippen LogP contribution in [0.5, 0.6) is 5.88 Å². The highest BCUT2D eigenvalue weighted by Gasteiger charge is 2.58. The maximum absolute atomic E-state index is 13.2. The van der Waals surface area contributed by atoms with Crippen molar-refractivity contribution in [3.8, 4) is 11.9 Å². The molecule has 1 aromatic heterocycles. The Morgan fingerprint density at radius 2 is 2.20 bits per heavy atom. The Bertz CT molecular complexity index is 1000. The van der Waals surface area contributed by atoms with E-state index in [1.165, 1.54) is 0 Å². The van der Waals surface area contributed by atoms with E-state index < -0.39 is 5.41 Å². The summed E-state index contributed by atoms with van der Waals surface area (Å²) >= 11 is 6.18. The minimum Gasteiger partial charge on any atom is -0.420 e. The van der Waals surface area contributed by atoms with Crippen LogP contribution in [0.25, 0.3) is 0 Å². The number of H-pyrrole nitrogens is 1. The van der Waals surface area contributed by atoms with E-state index >= 15 is 0 Å². The van der Waals surface area contributed by atoms with Gasteiger partial charge in [0, 0.05) is 22.0 Å². The number of aromatic amines is 1. The van der Waals surface area contributed by atoms with Crippen LogP contribution < -0.4 is 15.8 Å². The number of nitrogens with one attached hydrogen (secondary N) is 2. The molecule has 1 amide bonds. The van der Waals surface area contributed by atoms with Crippen molar-refractivity contribution in [2.24, 2.45) is 5.73 Å². The van der Waals surface area contributed by atoms with Gasteiger partial charge in [-0.25, -0.2) is 0 Å². The van der Waals surface area contributed by atoms with Crippen molar-refractivity contribution in [2.45, 2.75) is 25.2 Å². The van der Waals surface area contributed by atoms with E-state index in [4.69, 9.17) is 22.1 Å². The second kappa shape index (κ2) is 5.01. The molecule has 2 aromatic rings. The van der Waals surface area contributed by atoms with Crippen LogP contribution in [-0.4, -0.2) is 16.1 Å². The van der Waals surface area contributed by atoms with Crippen LogP contribution in [0, 0.1) is 11.3 Å². The number of aromatic nitrogens is 2. The summed E-state index contributed by atoms with van der Waals surface area (Å²) in [5.41, 5.74) is 6.93. The number of anilines is 1. The minimum absolute atomic E-state index is 0.0204. The topological polar surface area (TPSA) is 117 Å². The molecule has 0 fully saturated rings. The van der Waals surface area contributed by atoms with E-state index in [1.807, 2.05) is 13.8 Å². The lowest BCUT2D eigenvalue weighted by Gasteiger charge is -2.32. The average molecular weight is 356 g/mol. The van der Waals surface area contributed by atoms with Crippen molar-refractivity contribution in [1.82, 2.24) is 10.2 Å². The molecule has 7 nitrogen and oxygen atoms in total. The molecular formula is C17H14ClN5O2. The van der Waals surface area contributed by atoms with Crippen molar-refractivity contribution in [1.29, 1.82) is 5.26 Å². The lowest BCUT2D eigenvalue weighted by atomic mass is 9.68. The van der Waals surface area contributed by atoms with Crippen LogP contribution in [0.1, 0.15) is 36.6 Å². The standard InChI is InChI=1S/C17H14ClN5O2/c1-7(2)13-12-15(23-22-13)25-14(20)10(6-19)17(12)9-5-8(18)3-4-11(9)21-16(17)24/h3-5,7H,20H2,1-2H3,(H,21,24)(H,22,23). The molecule has 25 heavy (non-hydrogen) atoms. The summed E-state index contributed by atoms with van der Waals surface area (Å²) in [4.78, 5) is 13.2. The second-order valence-electron chi connectivity index (χ2n) is 6.32. The predicted octanol–water partition coefficient (Wildman–Crippen LogP) is 2.51. The van der Waals surface area contributed by atoms with E-state index in [-0.39, 0.29) is 29.2 Å². The molecule has 4 rings (SSSR count). The van der Waals surface area contributed by atoms with E-state index in [9.17, 15) is 10.1 Å². The zero-order chi connectivity index (χ0) is 17.9. The summed E-state index contributed by atoms with van der Waals surface area (Å²) in [6.07, 6.45) is 0. The van der Waals surface area contributed by atoms with Gasteiger partial charge in [0.15, 0.2) is 0 Å². The number of carbonyl (C=O) groups is 1. The molecular weight excluding hydrogens is 342 g/mol. The number of halogens is 1. The summed E-state index contributed by atoms with van der Waals surface area (Å²) < 4.78 is 5.53. The maximum Gasteiger partial charge on any atom is 0.245 e. The number of ether oxygens (including phenoxy) is 1. The van der Waals surface area contributed by atoms with Crippen molar-refractivity contribution in [3.63, 3.8) is 0 Å². The first kappa shape index (κ1) is 15.5. The minimum atomic E-state index is -1.43. The van der Waals surface area contributed by atoms with E-state index in [0.717, 1.165) is 0 Å². The van der Waals surface area contributed by atoms with Gasteiger partial charge in [-0.3, -0.25) is 9.89 Å². The third-order valence-corrected chi connectivity index (χ3v) is 4.86. The molecule has 0 aliphatic carbocycles. The third-order valence-electron chi connectivity index (χ3n) is 4.63. The molecule has 0 bridgehead atoms. The number of nitriles is 1. The Hall–Kier alpha value is -2.98. The Morgan fingerprint density at radius 3 is 2.88 bits per heavy atom. The summed E-state index contributed by atoms with van der Waals surface area (Å²) in [5.74, 6) is -0.299. The number of hydrogen-bond donors (Lipinski definition) is 3. The number of rotatable bonds is 1. The maximum atomic E-state index is 13.2. The Balaban J connectivity index is 2.17. The normalized spacial score (nSPS) is 21.0. The molecule has 1 spiro atoms. The number of nitrogens with two attached hydrogens (primary N) is 1. The molecule has 3 heterocycles. The molecule has 0 saturated carbocycles. The molecule has 0 saturated heterocycles. The summed E-state index contributed by atoms with van der Waals surface area (Å²) in [6, 6.07) is 7.12. The molecule has 1 atom stereocenters. The molecule has 1 unspecified atom stereocenters. The molecule has 2 aliphatic rings. The number of carbonyl (C=O) groups excluding carboxylic acids is 1. The van der Waals surface area contributed by atoms with E-state index in [1.54, 1.807) is 18.2 Å². The Labute approximate surface area is 148 Å². The lowest BCUT2D eigenvalue weighted by molar-refractivity contribution is -0.118. The van der Waals surface area contributed by atoms with Gasteiger partial charge in [-0.1, -0.05) is 25.4 Å². The Morgan fingerprint density at radius 1 is 1.44 bits per heavy atom. The fourth-order valence-corrected chi connectivity index (χ4v) is 3.74. The van der Waals surface area contributed by atoms with Crippen molar-refractivity contribution in [2.75, 3.05) is 5.32 Å². The van der Waals surface area contributed by atoms with Gasteiger partial charge in [-0.15, -0.1) is 5.10 Å².